The Morgan fingerprint density at radius 1 is 1.53 bits per heavy atom. The molecule has 1 unspecified atom stereocenters. The van der Waals surface area contributed by atoms with Gasteiger partial charge in [-0.1, -0.05) is 18.5 Å². The van der Waals surface area contributed by atoms with Gasteiger partial charge in [-0.05, 0) is 45.6 Å². The molecule has 1 aromatic rings. The van der Waals surface area contributed by atoms with Gasteiger partial charge in [0.2, 0.25) is 0 Å². The third-order valence-corrected chi connectivity index (χ3v) is 5.59. The van der Waals surface area contributed by atoms with E-state index in [1.54, 1.807) is 11.3 Å². The molecule has 1 aliphatic rings. The molecular formula is C14H24ClN3S. The lowest BCUT2D eigenvalue weighted by Gasteiger charge is -2.39. The number of thiophene rings is 1. The number of rotatable bonds is 5. The van der Waals surface area contributed by atoms with E-state index in [4.69, 9.17) is 17.3 Å². The first-order valence-electron chi connectivity index (χ1n) is 7.04. The van der Waals surface area contributed by atoms with Crippen LogP contribution in [0.3, 0.4) is 0 Å². The topological polar surface area (TPSA) is 32.5 Å². The molecule has 3 nitrogen and oxygen atoms in total. The second kappa shape index (κ2) is 7.04. The number of hydrogen-bond acceptors (Lipinski definition) is 4. The summed E-state index contributed by atoms with van der Waals surface area (Å²) >= 11 is 7.75. The number of nitrogens with two attached hydrogens (primary N) is 1. The van der Waals surface area contributed by atoms with E-state index in [1.807, 2.05) is 5.38 Å². The van der Waals surface area contributed by atoms with Gasteiger partial charge in [0.25, 0.3) is 0 Å². The van der Waals surface area contributed by atoms with Gasteiger partial charge in [0.1, 0.15) is 0 Å². The van der Waals surface area contributed by atoms with Crippen molar-refractivity contribution in [1.29, 1.82) is 0 Å². The summed E-state index contributed by atoms with van der Waals surface area (Å²) in [7, 11) is 2.21. The van der Waals surface area contributed by atoms with Gasteiger partial charge >= 0.3 is 0 Å². The average Bonchev–Trinajstić information content (AvgIpc) is 2.86. The Labute approximate surface area is 125 Å². The van der Waals surface area contributed by atoms with Gasteiger partial charge < -0.3 is 10.6 Å². The molecule has 2 rings (SSSR count). The van der Waals surface area contributed by atoms with Crippen molar-refractivity contribution in [3.63, 3.8) is 0 Å². The highest BCUT2D eigenvalue weighted by molar-refractivity contribution is 7.10. The Bertz CT molecular complexity index is 388. The standard InChI is InChI=1S/C14H24ClN3S/c1-3-18-6-4-12(5-7-18)17(2)13(9-16)14-8-11(15)10-19-14/h8,10,12-13H,3-7,9,16H2,1-2H3. The molecule has 0 radical (unpaired) electrons. The van der Waals surface area contributed by atoms with Crippen LogP contribution in [0.4, 0.5) is 0 Å². The Morgan fingerprint density at radius 2 is 2.21 bits per heavy atom. The fourth-order valence-corrected chi connectivity index (χ4v) is 4.13. The van der Waals surface area contributed by atoms with E-state index < -0.39 is 0 Å². The van der Waals surface area contributed by atoms with Gasteiger partial charge in [-0.25, -0.2) is 0 Å². The van der Waals surface area contributed by atoms with Crippen LogP contribution in [-0.2, 0) is 0 Å². The molecule has 1 aromatic heterocycles. The second-order valence-corrected chi connectivity index (χ2v) is 6.63. The summed E-state index contributed by atoms with van der Waals surface area (Å²) in [6.07, 6.45) is 2.47. The summed E-state index contributed by atoms with van der Waals surface area (Å²) < 4.78 is 0. The van der Waals surface area contributed by atoms with E-state index in [9.17, 15) is 0 Å². The highest BCUT2D eigenvalue weighted by Gasteiger charge is 2.27. The molecule has 108 valence electrons. The maximum absolute atomic E-state index is 6.03. The molecule has 0 aliphatic carbocycles. The van der Waals surface area contributed by atoms with Gasteiger partial charge in [0, 0.05) is 22.8 Å². The number of hydrogen-bond donors (Lipinski definition) is 1. The summed E-state index contributed by atoms with van der Waals surface area (Å²) in [5.74, 6) is 0. The molecule has 0 spiro atoms. The molecule has 1 aliphatic heterocycles. The van der Waals surface area contributed by atoms with Crippen LogP contribution in [-0.4, -0.2) is 49.1 Å². The van der Waals surface area contributed by atoms with Crippen LogP contribution in [0.5, 0.6) is 0 Å². The third-order valence-electron chi connectivity index (χ3n) is 4.21. The molecule has 2 N–H and O–H groups in total. The second-order valence-electron chi connectivity index (χ2n) is 5.25. The van der Waals surface area contributed by atoms with E-state index in [0.717, 1.165) is 11.6 Å². The van der Waals surface area contributed by atoms with E-state index in [1.165, 1.54) is 30.8 Å². The summed E-state index contributed by atoms with van der Waals surface area (Å²) in [6, 6.07) is 2.99. The zero-order valence-electron chi connectivity index (χ0n) is 11.8. The quantitative estimate of drug-likeness (QED) is 0.908. The van der Waals surface area contributed by atoms with Crippen LogP contribution in [0, 0.1) is 0 Å². The Balaban J connectivity index is 1.99. The highest BCUT2D eigenvalue weighted by Crippen LogP contribution is 2.31. The van der Waals surface area contributed by atoms with Crippen molar-refractivity contribution >= 4 is 22.9 Å². The maximum atomic E-state index is 6.03. The van der Waals surface area contributed by atoms with Crippen molar-refractivity contribution in [2.45, 2.75) is 31.8 Å². The van der Waals surface area contributed by atoms with E-state index >= 15 is 0 Å². The molecule has 1 atom stereocenters. The van der Waals surface area contributed by atoms with Gasteiger partial charge in [0.15, 0.2) is 0 Å². The Hall–Kier alpha value is -0.130. The van der Waals surface area contributed by atoms with E-state index in [0.29, 0.717) is 18.6 Å². The lowest BCUT2D eigenvalue weighted by molar-refractivity contribution is 0.102. The summed E-state index contributed by atoms with van der Waals surface area (Å²) in [5, 5.41) is 2.82. The van der Waals surface area contributed by atoms with Gasteiger partial charge in [0.05, 0.1) is 11.1 Å². The van der Waals surface area contributed by atoms with Crippen LogP contribution in [0.1, 0.15) is 30.7 Å². The van der Waals surface area contributed by atoms with Gasteiger partial charge in [-0.2, -0.15) is 0 Å². The minimum Gasteiger partial charge on any atom is -0.329 e. The molecular weight excluding hydrogens is 278 g/mol. The van der Waals surface area contributed by atoms with Crippen LogP contribution in [0.15, 0.2) is 11.4 Å². The molecule has 1 saturated heterocycles. The molecule has 2 heterocycles. The number of nitrogens with zero attached hydrogens (tertiary/aromatic N) is 2. The normalized spacial score (nSPS) is 20.1. The molecule has 0 aromatic carbocycles. The summed E-state index contributed by atoms with van der Waals surface area (Å²) in [6.45, 7) is 6.46. The zero-order valence-corrected chi connectivity index (χ0v) is 13.4. The fraction of sp³-hybridized carbons (Fsp3) is 0.714. The molecule has 0 saturated carbocycles. The van der Waals surface area contributed by atoms with Crippen LogP contribution >= 0.6 is 22.9 Å². The van der Waals surface area contributed by atoms with Crippen LogP contribution < -0.4 is 5.73 Å². The zero-order chi connectivity index (χ0) is 13.8. The van der Waals surface area contributed by atoms with E-state index in [2.05, 4.69) is 29.8 Å². The Kier molecular flexibility index (Phi) is 5.66. The van der Waals surface area contributed by atoms with Crippen LogP contribution in [0.2, 0.25) is 5.02 Å². The number of halogens is 1. The first kappa shape index (κ1) is 15.3. The number of likely N-dealkylation sites (N-methyl/N-ethyl adjacent to an activating group) is 1. The fourth-order valence-electron chi connectivity index (χ4n) is 2.88. The average molecular weight is 302 g/mol. The minimum atomic E-state index is 0.302. The smallest absolute Gasteiger partial charge is 0.0564 e. The maximum Gasteiger partial charge on any atom is 0.0564 e. The predicted octanol–water partition coefficient (Wildman–Crippen LogP) is 2.82. The van der Waals surface area contributed by atoms with Gasteiger partial charge in [-0.15, -0.1) is 11.3 Å². The van der Waals surface area contributed by atoms with Crippen molar-refractivity contribution in [2.75, 3.05) is 33.2 Å². The minimum absolute atomic E-state index is 0.302. The lowest BCUT2D eigenvalue weighted by Crippen LogP contribution is -2.45. The lowest BCUT2D eigenvalue weighted by atomic mass is 10.0. The predicted molar refractivity (Wildman–Crippen MR) is 84.0 cm³/mol. The molecule has 5 heteroatoms. The van der Waals surface area contributed by atoms with Crippen molar-refractivity contribution in [3.8, 4) is 0 Å². The van der Waals surface area contributed by atoms with Crippen molar-refractivity contribution in [3.05, 3.63) is 21.3 Å². The summed E-state index contributed by atoms with van der Waals surface area (Å²) in [5.41, 5.74) is 5.99. The van der Waals surface area contributed by atoms with E-state index in [-0.39, 0.29) is 0 Å². The van der Waals surface area contributed by atoms with Crippen molar-refractivity contribution < 1.29 is 0 Å². The first-order valence-corrected chi connectivity index (χ1v) is 8.29. The van der Waals surface area contributed by atoms with Crippen molar-refractivity contribution in [2.24, 2.45) is 5.73 Å². The monoisotopic (exact) mass is 301 g/mol. The van der Waals surface area contributed by atoms with Crippen LogP contribution in [0.25, 0.3) is 0 Å². The number of piperidine rings is 1. The largest absolute Gasteiger partial charge is 0.329 e. The highest BCUT2D eigenvalue weighted by atomic mass is 35.5. The Morgan fingerprint density at radius 3 is 2.68 bits per heavy atom. The molecule has 1 fully saturated rings. The molecule has 19 heavy (non-hydrogen) atoms. The SMILES string of the molecule is CCN1CCC(N(C)C(CN)c2cc(Cl)cs2)CC1. The molecule has 0 bridgehead atoms. The van der Waals surface area contributed by atoms with Crippen molar-refractivity contribution in [1.82, 2.24) is 9.80 Å². The molecule has 0 amide bonds. The third kappa shape index (κ3) is 3.70. The van der Waals surface area contributed by atoms with Gasteiger partial charge in [-0.3, -0.25) is 4.90 Å². The first-order chi connectivity index (χ1) is 9.15. The number of likely N-dealkylation sites (tertiary alicyclic amines) is 1. The summed E-state index contributed by atoms with van der Waals surface area (Å²) in [4.78, 5) is 6.26.